The summed E-state index contributed by atoms with van der Waals surface area (Å²) in [6.45, 7) is 0.233. The fraction of sp³-hybridized carbons (Fsp3) is 0.231. The maximum absolute atomic E-state index is 12.4. The Balaban J connectivity index is 2.17. The predicted molar refractivity (Wildman–Crippen MR) is 78.5 cm³/mol. The van der Waals surface area contributed by atoms with Crippen LogP contribution < -0.4 is 0 Å². The number of aromatic nitrogens is 1. The second-order valence-electron chi connectivity index (χ2n) is 4.41. The summed E-state index contributed by atoms with van der Waals surface area (Å²) in [4.78, 5) is 15.0. The number of rotatable bonds is 6. The van der Waals surface area contributed by atoms with Gasteiger partial charge in [0.2, 0.25) is 0 Å². The van der Waals surface area contributed by atoms with Crippen LogP contribution in [0.5, 0.6) is 0 Å². The van der Waals surface area contributed by atoms with Crippen molar-refractivity contribution in [2.45, 2.75) is 17.2 Å². The first-order valence-corrected chi connectivity index (χ1v) is 8.31. The lowest BCUT2D eigenvalue weighted by atomic mass is 10.3. The highest BCUT2D eigenvalue weighted by atomic mass is 32.2. The number of aliphatic carboxylic acids is 1. The molecule has 0 aliphatic rings. The third kappa shape index (κ3) is 3.87. The minimum atomic E-state index is -3.61. The van der Waals surface area contributed by atoms with Crippen LogP contribution in [0.3, 0.4) is 0 Å². The van der Waals surface area contributed by atoms with E-state index in [0.717, 1.165) is 16.9 Å². The number of pyridine rings is 1. The molecule has 2 aromatic rings. The van der Waals surface area contributed by atoms with Gasteiger partial charge in [-0.25, -0.2) is 8.42 Å². The normalized spacial score (nSPS) is 11.7. The third-order valence-corrected chi connectivity index (χ3v) is 6.14. The first kappa shape index (κ1) is 15.6. The maximum atomic E-state index is 12.4. The molecule has 0 atom stereocenters. The van der Waals surface area contributed by atoms with Crippen molar-refractivity contribution in [3.05, 3.63) is 47.1 Å². The van der Waals surface area contributed by atoms with Gasteiger partial charge in [0.15, 0.2) is 0 Å². The summed E-state index contributed by atoms with van der Waals surface area (Å²) in [6.07, 6.45) is 3.03. The number of hydrogen-bond acceptors (Lipinski definition) is 5. The Bertz CT molecular complexity index is 726. The van der Waals surface area contributed by atoms with Gasteiger partial charge in [0.25, 0.3) is 10.0 Å². The van der Waals surface area contributed by atoms with Gasteiger partial charge in [-0.05, 0) is 29.8 Å². The molecule has 21 heavy (non-hydrogen) atoms. The molecule has 1 N–H and O–H groups in total. The molecule has 0 saturated heterocycles. The van der Waals surface area contributed by atoms with Crippen molar-refractivity contribution in [3.63, 3.8) is 0 Å². The highest BCUT2D eigenvalue weighted by molar-refractivity contribution is 7.91. The molecule has 0 aliphatic carbocycles. The van der Waals surface area contributed by atoms with E-state index >= 15 is 0 Å². The number of carboxylic acids is 1. The van der Waals surface area contributed by atoms with Crippen molar-refractivity contribution >= 4 is 27.3 Å². The van der Waals surface area contributed by atoms with E-state index in [1.165, 1.54) is 23.5 Å². The Kier molecular flexibility index (Phi) is 4.71. The van der Waals surface area contributed by atoms with Crippen molar-refractivity contribution in [2.24, 2.45) is 0 Å². The molecule has 0 amide bonds. The lowest BCUT2D eigenvalue weighted by Crippen LogP contribution is -2.25. The molecule has 0 aromatic carbocycles. The fourth-order valence-corrected chi connectivity index (χ4v) is 4.44. The van der Waals surface area contributed by atoms with E-state index in [-0.39, 0.29) is 17.2 Å². The molecule has 0 radical (unpaired) electrons. The van der Waals surface area contributed by atoms with Gasteiger partial charge in [-0.3, -0.25) is 9.78 Å². The minimum absolute atomic E-state index is 0.148. The molecule has 8 heteroatoms. The van der Waals surface area contributed by atoms with Gasteiger partial charge < -0.3 is 5.11 Å². The van der Waals surface area contributed by atoms with E-state index in [1.807, 2.05) is 0 Å². The van der Waals surface area contributed by atoms with Crippen LogP contribution in [0.25, 0.3) is 0 Å². The number of hydrogen-bond donors (Lipinski definition) is 1. The molecule has 0 saturated carbocycles. The molecule has 0 bridgehead atoms. The van der Waals surface area contributed by atoms with Crippen LogP contribution in [0.15, 0.2) is 40.9 Å². The molecule has 112 valence electrons. The van der Waals surface area contributed by atoms with Crippen LogP contribution in [0.2, 0.25) is 0 Å². The van der Waals surface area contributed by atoms with E-state index in [2.05, 4.69) is 4.98 Å². The summed E-state index contributed by atoms with van der Waals surface area (Å²) < 4.78 is 26.2. The average molecular weight is 326 g/mol. The molecule has 2 aromatic heterocycles. The van der Waals surface area contributed by atoms with Crippen LogP contribution in [0.4, 0.5) is 0 Å². The van der Waals surface area contributed by atoms with E-state index in [9.17, 15) is 13.2 Å². The van der Waals surface area contributed by atoms with Gasteiger partial charge in [-0.15, -0.1) is 11.3 Å². The van der Waals surface area contributed by atoms with Gasteiger partial charge in [0.05, 0.1) is 6.42 Å². The highest BCUT2D eigenvalue weighted by Gasteiger charge is 2.23. The number of carbonyl (C=O) groups is 1. The van der Waals surface area contributed by atoms with Crippen LogP contribution >= 0.6 is 11.3 Å². The SMILES string of the molecule is CN(Cc1ccncc1)S(=O)(=O)c1ccc(CC(=O)O)s1. The van der Waals surface area contributed by atoms with Crippen molar-refractivity contribution in [3.8, 4) is 0 Å². The Morgan fingerprint density at radius 1 is 1.29 bits per heavy atom. The van der Waals surface area contributed by atoms with E-state index in [1.54, 1.807) is 24.5 Å². The highest BCUT2D eigenvalue weighted by Crippen LogP contribution is 2.25. The Morgan fingerprint density at radius 3 is 2.57 bits per heavy atom. The number of thiophene rings is 1. The Hall–Kier alpha value is -1.77. The Morgan fingerprint density at radius 2 is 1.95 bits per heavy atom. The minimum Gasteiger partial charge on any atom is -0.481 e. The predicted octanol–water partition coefficient (Wildman–Crippen LogP) is 1.59. The quantitative estimate of drug-likeness (QED) is 0.871. The molecule has 2 rings (SSSR count). The summed E-state index contributed by atoms with van der Waals surface area (Å²) in [5, 5.41) is 8.72. The molecular formula is C13H14N2O4S2. The summed E-state index contributed by atoms with van der Waals surface area (Å²) in [5.74, 6) is -0.981. The molecule has 2 heterocycles. The largest absolute Gasteiger partial charge is 0.481 e. The fourth-order valence-electron chi connectivity index (χ4n) is 1.72. The molecule has 0 unspecified atom stereocenters. The number of carboxylic acid groups (broad SMARTS) is 1. The molecule has 0 spiro atoms. The summed E-state index contributed by atoms with van der Waals surface area (Å²) in [6, 6.07) is 6.47. The molecule has 0 aliphatic heterocycles. The van der Waals surface area contributed by atoms with Gasteiger partial charge in [-0.1, -0.05) is 0 Å². The third-order valence-electron chi connectivity index (χ3n) is 2.78. The second-order valence-corrected chi connectivity index (χ2v) is 7.85. The monoisotopic (exact) mass is 326 g/mol. The first-order chi connectivity index (χ1) is 9.89. The number of sulfonamides is 1. The Labute approximate surface area is 126 Å². The van der Waals surface area contributed by atoms with Crippen LogP contribution in [-0.2, 0) is 27.8 Å². The van der Waals surface area contributed by atoms with Crippen molar-refractivity contribution in [1.29, 1.82) is 0 Å². The van der Waals surface area contributed by atoms with Gasteiger partial charge in [0.1, 0.15) is 4.21 Å². The zero-order valence-corrected chi connectivity index (χ0v) is 12.9. The van der Waals surface area contributed by atoms with Crippen molar-refractivity contribution in [1.82, 2.24) is 9.29 Å². The van der Waals surface area contributed by atoms with Gasteiger partial charge in [-0.2, -0.15) is 4.31 Å². The van der Waals surface area contributed by atoms with Gasteiger partial charge in [0, 0.05) is 30.9 Å². The second kappa shape index (κ2) is 6.33. The number of nitrogens with zero attached hydrogens (tertiary/aromatic N) is 2. The summed E-state index contributed by atoms with van der Waals surface area (Å²) in [5.41, 5.74) is 0.832. The molecule has 6 nitrogen and oxygen atoms in total. The van der Waals surface area contributed by atoms with E-state index in [0.29, 0.717) is 4.88 Å². The summed E-state index contributed by atoms with van der Waals surface area (Å²) >= 11 is 0.984. The zero-order chi connectivity index (χ0) is 15.5. The lowest BCUT2D eigenvalue weighted by Gasteiger charge is -2.15. The summed E-state index contributed by atoms with van der Waals surface area (Å²) in [7, 11) is -2.12. The van der Waals surface area contributed by atoms with Crippen molar-refractivity contribution in [2.75, 3.05) is 7.05 Å². The first-order valence-electron chi connectivity index (χ1n) is 6.05. The molecule has 0 fully saturated rings. The zero-order valence-electron chi connectivity index (χ0n) is 11.3. The van der Waals surface area contributed by atoms with Crippen LogP contribution in [-0.4, -0.2) is 35.8 Å². The maximum Gasteiger partial charge on any atom is 0.308 e. The topological polar surface area (TPSA) is 87.6 Å². The van der Waals surface area contributed by atoms with E-state index < -0.39 is 16.0 Å². The molecular weight excluding hydrogens is 312 g/mol. The van der Waals surface area contributed by atoms with Crippen molar-refractivity contribution < 1.29 is 18.3 Å². The lowest BCUT2D eigenvalue weighted by molar-refractivity contribution is -0.136. The van der Waals surface area contributed by atoms with E-state index in [4.69, 9.17) is 5.11 Å². The van der Waals surface area contributed by atoms with Crippen LogP contribution in [0, 0.1) is 0 Å². The average Bonchev–Trinajstić information content (AvgIpc) is 2.88. The smallest absolute Gasteiger partial charge is 0.308 e. The standard InChI is InChI=1S/C13H14N2O4S2/c1-15(9-10-4-6-14-7-5-10)21(18,19)13-3-2-11(20-13)8-12(16)17/h2-7H,8-9H2,1H3,(H,16,17). The van der Waals surface area contributed by atoms with Gasteiger partial charge >= 0.3 is 5.97 Å². The van der Waals surface area contributed by atoms with Crippen LogP contribution in [0.1, 0.15) is 10.4 Å².